The van der Waals surface area contributed by atoms with E-state index in [9.17, 15) is 14.7 Å². The van der Waals surface area contributed by atoms with Gasteiger partial charge in [-0.1, -0.05) is 25.4 Å². The van der Waals surface area contributed by atoms with E-state index in [4.69, 9.17) is 16.3 Å². The van der Waals surface area contributed by atoms with Gasteiger partial charge in [-0.05, 0) is 78.6 Å². The second-order valence-electron chi connectivity index (χ2n) is 8.61. The highest BCUT2D eigenvalue weighted by molar-refractivity contribution is 6.51. The number of aliphatic hydroxyl groups is 1. The number of ether oxygens (including phenoxy) is 1. The number of hydrogen-bond donors (Lipinski definition) is 1. The van der Waals surface area contributed by atoms with Crippen molar-refractivity contribution < 1.29 is 19.4 Å². The molecule has 34 heavy (non-hydrogen) atoms. The summed E-state index contributed by atoms with van der Waals surface area (Å²) < 4.78 is 5.83. The summed E-state index contributed by atoms with van der Waals surface area (Å²) in [7, 11) is 0. The predicted molar refractivity (Wildman–Crippen MR) is 132 cm³/mol. The number of amides is 1. The number of halogens is 1. The molecule has 1 N–H and O–H groups in total. The third-order valence-corrected chi connectivity index (χ3v) is 5.84. The first-order valence-corrected chi connectivity index (χ1v) is 11.4. The van der Waals surface area contributed by atoms with E-state index in [1.165, 1.54) is 4.90 Å². The topological polar surface area (TPSA) is 79.7 Å². The summed E-state index contributed by atoms with van der Waals surface area (Å²) >= 11 is 6.02. The summed E-state index contributed by atoms with van der Waals surface area (Å²) in [6.45, 7) is 6.57. The van der Waals surface area contributed by atoms with Crippen LogP contribution in [0.25, 0.3) is 5.76 Å². The first-order chi connectivity index (χ1) is 16.3. The second-order valence-corrected chi connectivity index (χ2v) is 9.05. The van der Waals surface area contributed by atoms with Crippen molar-refractivity contribution in [2.75, 3.05) is 11.5 Å². The number of carbonyl (C=O) groups excluding carboxylic acids is 2. The second kappa shape index (κ2) is 9.69. The number of hydrogen-bond acceptors (Lipinski definition) is 5. The fourth-order valence-corrected chi connectivity index (χ4v) is 4.06. The molecule has 0 radical (unpaired) electrons. The SMILES string of the molecule is Cc1cc(/C(O)=C2/C(=O)C(=O)N(c3ccc(Cl)cc3)C2c2ccncc2)ccc1OCC(C)C. The Labute approximate surface area is 203 Å². The van der Waals surface area contributed by atoms with Crippen molar-refractivity contribution in [1.29, 1.82) is 0 Å². The van der Waals surface area contributed by atoms with E-state index in [2.05, 4.69) is 18.8 Å². The minimum Gasteiger partial charge on any atom is -0.507 e. The molecule has 0 bridgehead atoms. The van der Waals surface area contributed by atoms with Crippen LogP contribution in [0.1, 0.15) is 36.6 Å². The fraction of sp³-hybridized carbons (Fsp3) is 0.222. The summed E-state index contributed by atoms with van der Waals surface area (Å²) in [5, 5.41) is 11.8. The Kier molecular flexibility index (Phi) is 6.70. The molecule has 0 saturated carbocycles. The lowest BCUT2D eigenvalue weighted by Gasteiger charge is -2.25. The van der Waals surface area contributed by atoms with E-state index >= 15 is 0 Å². The zero-order chi connectivity index (χ0) is 24.4. The highest BCUT2D eigenvalue weighted by Crippen LogP contribution is 2.42. The number of ketones is 1. The van der Waals surface area contributed by atoms with Crippen molar-refractivity contribution in [1.82, 2.24) is 4.98 Å². The van der Waals surface area contributed by atoms with Gasteiger partial charge in [0.15, 0.2) is 0 Å². The molecule has 1 aromatic heterocycles. The molecule has 2 heterocycles. The van der Waals surface area contributed by atoms with Crippen molar-refractivity contribution in [3.8, 4) is 5.75 Å². The third-order valence-electron chi connectivity index (χ3n) is 5.59. The molecule has 1 fully saturated rings. The summed E-state index contributed by atoms with van der Waals surface area (Å²) in [6.07, 6.45) is 3.17. The Morgan fingerprint density at radius 3 is 2.38 bits per heavy atom. The molecule has 174 valence electrons. The standard InChI is InChI=1S/C27H25ClN2O4/c1-16(2)15-34-22-9-4-19(14-17(22)3)25(31)23-24(18-10-12-29-13-11-18)30(27(33)26(23)32)21-7-5-20(28)6-8-21/h4-14,16,24,31H,15H2,1-3H3/b25-23-. The molecule has 6 nitrogen and oxygen atoms in total. The molecule has 1 aliphatic heterocycles. The normalized spacial score (nSPS) is 17.4. The van der Waals surface area contributed by atoms with Gasteiger partial charge >= 0.3 is 0 Å². The maximum atomic E-state index is 13.2. The van der Waals surface area contributed by atoms with Gasteiger partial charge < -0.3 is 9.84 Å². The number of aliphatic hydroxyl groups excluding tert-OH is 1. The first kappa shape index (κ1) is 23.5. The summed E-state index contributed by atoms with van der Waals surface area (Å²) in [5.74, 6) is -0.643. The Morgan fingerprint density at radius 2 is 1.76 bits per heavy atom. The third kappa shape index (κ3) is 4.54. The van der Waals surface area contributed by atoms with Crippen LogP contribution in [0.15, 0.2) is 72.6 Å². The van der Waals surface area contributed by atoms with Crippen LogP contribution in [-0.2, 0) is 9.59 Å². The minimum absolute atomic E-state index is 0.0152. The number of benzene rings is 2. The average Bonchev–Trinajstić information content (AvgIpc) is 3.09. The van der Waals surface area contributed by atoms with Gasteiger partial charge in [-0.15, -0.1) is 0 Å². The van der Waals surface area contributed by atoms with Crippen molar-refractivity contribution in [2.24, 2.45) is 5.92 Å². The molecular weight excluding hydrogens is 452 g/mol. The Balaban J connectivity index is 1.83. The number of pyridine rings is 1. The van der Waals surface area contributed by atoms with Crippen LogP contribution in [0.3, 0.4) is 0 Å². The van der Waals surface area contributed by atoms with Crippen molar-refractivity contribution in [3.05, 3.63) is 94.3 Å². The summed E-state index contributed by atoms with van der Waals surface area (Å²) in [5.41, 5.74) is 2.42. The van der Waals surface area contributed by atoms with Crippen molar-refractivity contribution in [2.45, 2.75) is 26.8 Å². The van der Waals surface area contributed by atoms with Crippen LogP contribution >= 0.6 is 11.6 Å². The van der Waals surface area contributed by atoms with Gasteiger partial charge in [-0.3, -0.25) is 19.5 Å². The van der Waals surface area contributed by atoms with E-state index < -0.39 is 17.7 Å². The van der Waals surface area contributed by atoms with Gasteiger partial charge in [-0.2, -0.15) is 0 Å². The molecule has 7 heteroatoms. The summed E-state index contributed by atoms with van der Waals surface area (Å²) in [6, 6.07) is 14.5. The fourth-order valence-electron chi connectivity index (χ4n) is 3.93. The van der Waals surface area contributed by atoms with Crippen molar-refractivity contribution in [3.63, 3.8) is 0 Å². The van der Waals surface area contributed by atoms with Gasteiger partial charge in [0.25, 0.3) is 11.7 Å². The van der Waals surface area contributed by atoms with Crippen molar-refractivity contribution >= 4 is 34.7 Å². The monoisotopic (exact) mass is 476 g/mol. The molecule has 1 atom stereocenters. The van der Waals surface area contributed by atoms with Gasteiger partial charge in [0.05, 0.1) is 18.2 Å². The van der Waals surface area contributed by atoms with Crippen LogP contribution in [-0.4, -0.2) is 28.4 Å². The smallest absolute Gasteiger partial charge is 0.300 e. The largest absolute Gasteiger partial charge is 0.507 e. The number of nitrogens with zero attached hydrogens (tertiary/aromatic N) is 2. The number of Topliss-reactive ketones (excluding diaryl/α,β-unsaturated/α-hetero) is 1. The number of carbonyl (C=O) groups is 2. The molecule has 2 aromatic carbocycles. The van der Waals surface area contributed by atoms with Crippen LogP contribution in [0.4, 0.5) is 5.69 Å². The Bertz CT molecular complexity index is 1250. The van der Waals surface area contributed by atoms with Gasteiger partial charge in [0, 0.05) is 28.7 Å². The van der Waals surface area contributed by atoms with Gasteiger partial charge in [0.2, 0.25) is 0 Å². The number of aryl methyl sites for hydroxylation is 1. The van der Waals surface area contributed by atoms with E-state index in [0.717, 1.165) is 5.56 Å². The maximum absolute atomic E-state index is 13.2. The maximum Gasteiger partial charge on any atom is 0.300 e. The zero-order valence-electron chi connectivity index (χ0n) is 19.2. The Morgan fingerprint density at radius 1 is 1.09 bits per heavy atom. The number of rotatable bonds is 6. The molecule has 1 aliphatic rings. The lowest BCUT2D eigenvalue weighted by Crippen LogP contribution is -2.29. The van der Waals surface area contributed by atoms with E-state index in [1.54, 1.807) is 67.0 Å². The van der Waals surface area contributed by atoms with E-state index in [0.29, 0.717) is 40.1 Å². The van der Waals surface area contributed by atoms with E-state index in [-0.39, 0.29) is 11.3 Å². The lowest BCUT2D eigenvalue weighted by atomic mass is 9.95. The molecule has 1 saturated heterocycles. The average molecular weight is 477 g/mol. The zero-order valence-corrected chi connectivity index (χ0v) is 19.9. The van der Waals surface area contributed by atoms with Gasteiger partial charge in [-0.25, -0.2) is 0 Å². The lowest BCUT2D eigenvalue weighted by molar-refractivity contribution is -0.132. The molecule has 0 aliphatic carbocycles. The van der Waals surface area contributed by atoms with E-state index in [1.807, 2.05) is 6.92 Å². The Hall–Kier alpha value is -3.64. The van der Waals surface area contributed by atoms with Gasteiger partial charge in [0.1, 0.15) is 11.5 Å². The van der Waals surface area contributed by atoms with Crippen LogP contribution in [0, 0.1) is 12.8 Å². The number of anilines is 1. The first-order valence-electron chi connectivity index (χ1n) is 11.0. The minimum atomic E-state index is -0.818. The molecule has 1 unspecified atom stereocenters. The van der Waals surface area contributed by atoms with Crippen LogP contribution < -0.4 is 9.64 Å². The predicted octanol–water partition coefficient (Wildman–Crippen LogP) is 5.70. The van der Waals surface area contributed by atoms with Crippen LogP contribution in [0.5, 0.6) is 5.75 Å². The van der Waals surface area contributed by atoms with Crippen LogP contribution in [0.2, 0.25) is 5.02 Å². The summed E-state index contributed by atoms with van der Waals surface area (Å²) in [4.78, 5) is 31.8. The molecule has 3 aromatic rings. The molecule has 0 spiro atoms. The highest BCUT2D eigenvalue weighted by atomic mass is 35.5. The molecule has 4 rings (SSSR count). The number of aromatic nitrogens is 1. The quantitative estimate of drug-likeness (QED) is 0.280. The molecular formula is C27H25ClN2O4. The molecule has 1 amide bonds. The highest BCUT2D eigenvalue weighted by Gasteiger charge is 2.47.